The summed E-state index contributed by atoms with van der Waals surface area (Å²) in [5, 5.41) is 4.54. The standard InChI is InChI=1S/C21H18ClNO4/c1-13-8-16-9-15(6-7-19(16)26-13)20-11-17(23-27-20)12-25-21(24)10-14-4-2-3-5-18(14)22/h2-7,9,11,13H,8,10,12H2,1H3. The Labute approximate surface area is 161 Å². The molecule has 0 fully saturated rings. The van der Waals surface area contributed by atoms with Crippen LogP contribution in [0.1, 0.15) is 23.7 Å². The lowest BCUT2D eigenvalue weighted by Crippen LogP contribution is -2.08. The molecule has 0 saturated carbocycles. The minimum atomic E-state index is -0.365. The third kappa shape index (κ3) is 3.98. The van der Waals surface area contributed by atoms with Crippen molar-refractivity contribution in [3.63, 3.8) is 0 Å². The normalized spacial score (nSPS) is 15.3. The first kappa shape index (κ1) is 17.6. The summed E-state index contributed by atoms with van der Waals surface area (Å²) in [4.78, 5) is 12.0. The zero-order valence-corrected chi connectivity index (χ0v) is 15.5. The molecule has 1 aliphatic rings. The van der Waals surface area contributed by atoms with Crippen molar-refractivity contribution >= 4 is 17.6 Å². The number of aromatic nitrogens is 1. The SMILES string of the molecule is CC1Cc2cc(-c3cc(COC(=O)Cc4ccccc4Cl)no3)ccc2O1. The van der Waals surface area contributed by atoms with Gasteiger partial charge >= 0.3 is 5.97 Å². The van der Waals surface area contributed by atoms with Gasteiger partial charge < -0.3 is 14.0 Å². The van der Waals surface area contributed by atoms with Gasteiger partial charge in [-0.15, -0.1) is 0 Å². The molecule has 0 N–H and O–H groups in total. The van der Waals surface area contributed by atoms with E-state index in [4.69, 9.17) is 25.6 Å². The van der Waals surface area contributed by atoms with Crippen molar-refractivity contribution in [2.45, 2.75) is 32.5 Å². The van der Waals surface area contributed by atoms with E-state index in [-0.39, 0.29) is 25.1 Å². The van der Waals surface area contributed by atoms with Crippen LogP contribution in [-0.2, 0) is 29.0 Å². The van der Waals surface area contributed by atoms with Crippen LogP contribution in [0.5, 0.6) is 5.75 Å². The Morgan fingerprint density at radius 1 is 1.26 bits per heavy atom. The molecule has 1 atom stereocenters. The molecule has 138 valence electrons. The van der Waals surface area contributed by atoms with E-state index in [1.165, 1.54) is 0 Å². The quantitative estimate of drug-likeness (QED) is 0.602. The number of benzene rings is 2. The number of carbonyl (C=O) groups excluding carboxylic acids is 1. The Morgan fingerprint density at radius 2 is 2.11 bits per heavy atom. The van der Waals surface area contributed by atoms with Gasteiger partial charge in [0.25, 0.3) is 0 Å². The van der Waals surface area contributed by atoms with Crippen molar-refractivity contribution in [3.05, 3.63) is 70.4 Å². The topological polar surface area (TPSA) is 61.6 Å². The van der Waals surface area contributed by atoms with Gasteiger partial charge in [0.2, 0.25) is 0 Å². The number of rotatable bonds is 5. The Kier molecular flexibility index (Phi) is 4.86. The Balaban J connectivity index is 1.38. The van der Waals surface area contributed by atoms with E-state index in [1.807, 2.05) is 37.3 Å². The fraction of sp³-hybridized carbons (Fsp3) is 0.238. The van der Waals surface area contributed by atoms with E-state index >= 15 is 0 Å². The summed E-state index contributed by atoms with van der Waals surface area (Å²) in [5.74, 6) is 1.19. The molecule has 0 bridgehead atoms. The molecule has 6 heteroatoms. The van der Waals surface area contributed by atoms with Crippen LogP contribution >= 0.6 is 11.6 Å². The Morgan fingerprint density at radius 3 is 2.96 bits per heavy atom. The van der Waals surface area contributed by atoms with E-state index in [0.717, 1.165) is 28.9 Å². The third-order valence-electron chi connectivity index (χ3n) is 4.41. The number of halogens is 1. The summed E-state index contributed by atoms with van der Waals surface area (Å²) in [6, 6.07) is 14.9. The summed E-state index contributed by atoms with van der Waals surface area (Å²) in [6.07, 6.45) is 1.19. The molecule has 1 unspecified atom stereocenters. The summed E-state index contributed by atoms with van der Waals surface area (Å²) in [5.41, 5.74) is 3.37. The van der Waals surface area contributed by atoms with Crippen molar-refractivity contribution in [2.24, 2.45) is 0 Å². The lowest BCUT2D eigenvalue weighted by molar-refractivity contribution is -0.144. The van der Waals surface area contributed by atoms with Gasteiger partial charge in [-0.05, 0) is 42.3 Å². The highest BCUT2D eigenvalue weighted by Gasteiger charge is 2.20. The molecular formula is C21H18ClNO4. The van der Waals surface area contributed by atoms with Crippen LogP contribution in [0.15, 0.2) is 53.1 Å². The van der Waals surface area contributed by atoms with Crippen molar-refractivity contribution in [3.8, 4) is 17.1 Å². The molecule has 0 spiro atoms. The van der Waals surface area contributed by atoms with Crippen LogP contribution in [0.2, 0.25) is 5.02 Å². The number of carbonyl (C=O) groups is 1. The maximum Gasteiger partial charge on any atom is 0.310 e. The highest BCUT2D eigenvalue weighted by molar-refractivity contribution is 6.31. The highest BCUT2D eigenvalue weighted by Crippen LogP contribution is 2.33. The smallest absolute Gasteiger partial charge is 0.310 e. The zero-order chi connectivity index (χ0) is 18.8. The van der Waals surface area contributed by atoms with Gasteiger partial charge in [0.15, 0.2) is 5.76 Å². The number of hydrogen-bond acceptors (Lipinski definition) is 5. The van der Waals surface area contributed by atoms with Crippen molar-refractivity contribution in [2.75, 3.05) is 0 Å². The van der Waals surface area contributed by atoms with Crippen LogP contribution in [0.25, 0.3) is 11.3 Å². The number of hydrogen-bond donors (Lipinski definition) is 0. The summed E-state index contributed by atoms with van der Waals surface area (Å²) in [7, 11) is 0. The molecule has 3 aromatic rings. The number of esters is 1. The molecule has 0 amide bonds. The number of ether oxygens (including phenoxy) is 2. The van der Waals surface area contributed by atoms with E-state index in [1.54, 1.807) is 18.2 Å². The Bertz CT molecular complexity index is 982. The van der Waals surface area contributed by atoms with E-state index in [0.29, 0.717) is 16.5 Å². The van der Waals surface area contributed by atoms with Crippen molar-refractivity contribution in [1.82, 2.24) is 5.16 Å². The average molecular weight is 384 g/mol. The molecule has 27 heavy (non-hydrogen) atoms. The van der Waals surface area contributed by atoms with Gasteiger partial charge in [0.05, 0.1) is 6.42 Å². The molecule has 0 saturated heterocycles. The highest BCUT2D eigenvalue weighted by atomic mass is 35.5. The second kappa shape index (κ2) is 7.45. The molecule has 2 heterocycles. The average Bonchev–Trinajstić information content (AvgIpc) is 3.26. The maximum absolute atomic E-state index is 12.0. The molecule has 5 nitrogen and oxygen atoms in total. The van der Waals surface area contributed by atoms with E-state index in [2.05, 4.69) is 5.16 Å². The molecule has 0 radical (unpaired) electrons. The van der Waals surface area contributed by atoms with Gasteiger partial charge in [-0.3, -0.25) is 4.79 Å². The van der Waals surface area contributed by atoms with E-state index < -0.39 is 0 Å². The first-order chi connectivity index (χ1) is 13.1. The summed E-state index contributed by atoms with van der Waals surface area (Å²) < 4.78 is 16.4. The number of fused-ring (bicyclic) bond motifs is 1. The zero-order valence-electron chi connectivity index (χ0n) is 14.8. The molecule has 2 aromatic carbocycles. The van der Waals surface area contributed by atoms with Crippen LogP contribution < -0.4 is 4.74 Å². The lowest BCUT2D eigenvalue weighted by atomic mass is 10.1. The predicted octanol–water partition coefficient (Wildman–Crippen LogP) is 4.60. The monoisotopic (exact) mass is 383 g/mol. The van der Waals surface area contributed by atoms with Gasteiger partial charge in [0, 0.05) is 23.1 Å². The molecular weight excluding hydrogens is 366 g/mol. The first-order valence-corrected chi connectivity index (χ1v) is 9.11. The van der Waals surface area contributed by atoms with Crippen molar-refractivity contribution < 1.29 is 18.8 Å². The predicted molar refractivity (Wildman–Crippen MR) is 101 cm³/mol. The lowest BCUT2D eigenvalue weighted by Gasteiger charge is -2.04. The van der Waals surface area contributed by atoms with Gasteiger partial charge in [0.1, 0.15) is 24.2 Å². The second-order valence-corrected chi connectivity index (χ2v) is 6.97. The first-order valence-electron chi connectivity index (χ1n) is 8.73. The third-order valence-corrected chi connectivity index (χ3v) is 4.78. The largest absolute Gasteiger partial charge is 0.490 e. The fourth-order valence-electron chi connectivity index (χ4n) is 3.09. The van der Waals surface area contributed by atoms with Crippen LogP contribution in [-0.4, -0.2) is 17.2 Å². The van der Waals surface area contributed by atoms with Crippen LogP contribution in [0.4, 0.5) is 0 Å². The minimum absolute atomic E-state index is 0.0534. The maximum atomic E-state index is 12.0. The fourth-order valence-corrected chi connectivity index (χ4v) is 3.30. The molecule has 4 rings (SSSR count). The van der Waals surface area contributed by atoms with Crippen LogP contribution in [0.3, 0.4) is 0 Å². The second-order valence-electron chi connectivity index (χ2n) is 6.57. The van der Waals surface area contributed by atoms with E-state index in [9.17, 15) is 4.79 Å². The minimum Gasteiger partial charge on any atom is -0.490 e. The molecule has 1 aromatic heterocycles. The Hall–Kier alpha value is -2.79. The van der Waals surface area contributed by atoms with Gasteiger partial charge in [-0.1, -0.05) is 35.0 Å². The summed E-state index contributed by atoms with van der Waals surface area (Å²) in [6.45, 7) is 2.10. The van der Waals surface area contributed by atoms with Crippen LogP contribution in [0, 0.1) is 0 Å². The molecule has 1 aliphatic heterocycles. The van der Waals surface area contributed by atoms with Gasteiger partial charge in [-0.2, -0.15) is 0 Å². The van der Waals surface area contributed by atoms with Gasteiger partial charge in [-0.25, -0.2) is 0 Å². The summed E-state index contributed by atoms with van der Waals surface area (Å²) >= 11 is 6.06. The molecule has 0 aliphatic carbocycles. The number of nitrogens with zero attached hydrogens (tertiary/aromatic N) is 1. The van der Waals surface area contributed by atoms with Crippen molar-refractivity contribution in [1.29, 1.82) is 0 Å².